The van der Waals surface area contributed by atoms with Crippen LogP contribution in [0.5, 0.6) is 5.75 Å². The Bertz CT molecular complexity index is 963. The van der Waals surface area contributed by atoms with Crippen molar-refractivity contribution in [3.05, 3.63) is 65.7 Å². The lowest BCUT2D eigenvalue weighted by Crippen LogP contribution is -2.61. The van der Waals surface area contributed by atoms with Crippen molar-refractivity contribution in [1.29, 1.82) is 0 Å². The second-order valence-electron chi connectivity index (χ2n) is 10.6. The zero-order valence-electron chi connectivity index (χ0n) is 21.4. The lowest BCUT2D eigenvalue weighted by Gasteiger charge is -2.56. The molecule has 0 spiro atoms. The van der Waals surface area contributed by atoms with E-state index in [9.17, 15) is 4.79 Å². The summed E-state index contributed by atoms with van der Waals surface area (Å²) < 4.78 is 11.8. The minimum atomic E-state index is -0.0587. The molecule has 4 atom stereocenters. The van der Waals surface area contributed by atoms with Gasteiger partial charge in [-0.05, 0) is 68.6 Å². The molecule has 1 saturated heterocycles. The van der Waals surface area contributed by atoms with Crippen LogP contribution in [0.25, 0.3) is 0 Å². The van der Waals surface area contributed by atoms with E-state index in [0.717, 1.165) is 50.2 Å². The fraction of sp³-hybridized carbons (Fsp3) is 0.552. The van der Waals surface area contributed by atoms with Gasteiger partial charge in [0.1, 0.15) is 5.75 Å². The highest BCUT2D eigenvalue weighted by Crippen LogP contribution is 2.51. The quantitative estimate of drug-likeness (QED) is 0.587. The number of piperidine rings is 1. The predicted octanol–water partition coefficient (Wildman–Crippen LogP) is 4.86. The third-order valence-corrected chi connectivity index (χ3v) is 7.94. The Kier molecular flexibility index (Phi) is 7.63. The van der Waals surface area contributed by atoms with Crippen molar-refractivity contribution in [3.63, 3.8) is 0 Å². The van der Waals surface area contributed by atoms with Crippen molar-refractivity contribution >= 4 is 5.91 Å². The number of amides is 1. The predicted molar refractivity (Wildman–Crippen MR) is 136 cm³/mol. The first kappa shape index (κ1) is 24.7. The van der Waals surface area contributed by atoms with Gasteiger partial charge in [0.2, 0.25) is 0 Å². The smallest absolute Gasteiger partial charge is 0.254 e. The van der Waals surface area contributed by atoms with Gasteiger partial charge in [0.15, 0.2) is 0 Å². The maximum absolute atomic E-state index is 13.8. The van der Waals surface area contributed by atoms with Gasteiger partial charge in [-0.1, -0.05) is 44.2 Å². The van der Waals surface area contributed by atoms with Crippen LogP contribution >= 0.6 is 0 Å². The van der Waals surface area contributed by atoms with Crippen LogP contribution in [-0.2, 0) is 10.2 Å². The molecule has 0 N–H and O–H groups in total. The molecule has 1 saturated carbocycles. The summed E-state index contributed by atoms with van der Waals surface area (Å²) in [4.78, 5) is 18.4. The summed E-state index contributed by atoms with van der Waals surface area (Å²) in [6.45, 7) is 7.16. The molecule has 1 heterocycles. The summed E-state index contributed by atoms with van der Waals surface area (Å²) in [6.07, 6.45) is 2.95. The van der Waals surface area contributed by atoms with Crippen LogP contribution in [0.4, 0.5) is 0 Å². The van der Waals surface area contributed by atoms with Gasteiger partial charge >= 0.3 is 0 Å². The Balaban J connectivity index is 1.77. The van der Waals surface area contributed by atoms with E-state index < -0.39 is 0 Å². The van der Waals surface area contributed by atoms with Crippen molar-refractivity contribution in [1.82, 2.24) is 9.80 Å². The number of hydrogen-bond donors (Lipinski definition) is 0. The fourth-order valence-corrected chi connectivity index (χ4v) is 6.29. The number of rotatable bonds is 7. The number of methoxy groups -OCH3 is 2. The average Bonchev–Trinajstić information content (AvgIpc) is 2.86. The van der Waals surface area contributed by atoms with Crippen molar-refractivity contribution in [2.24, 2.45) is 11.8 Å². The Labute approximate surface area is 205 Å². The molecule has 1 unspecified atom stereocenters. The number of hydrogen-bond acceptors (Lipinski definition) is 4. The Morgan fingerprint density at radius 2 is 1.91 bits per heavy atom. The van der Waals surface area contributed by atoms with Gasteiger partial charge in [0.05, 0.1) is 13.2 Å². The fourth-order valence-electron chi connectivity index (χ4n) is 6.29. The Morgan fingerprint density at radius 1 is 1.15 bits per heavy atom. The molecule has 2 aliphatic rings. The highest BCUT2D eigenvalue weighted by atomic mass is 16.5. The van der Waals surface area contributed by atoms with Crippen molar-refractivity contribution < 1.29 is 14.3 Å². The van der Waals surface area contributed by atoms with Gasteiger partial charge in [0, 0.05) is 43.1 Å². The van der Waals surface area contributed by atoms with Crippen molar-refractivity contribution in [2.75, 3.05) is 40.9 Å². The average molecular weight is 465 g/mol. The topological polar surface area (TPSA) is 42.0 Å². The zero-order valence-corrected chi connectivity index (χ0v) is 21.4. The number of carbonyl (C=O) groups is 1. The molecular weight excluding hydrogens is 424 g/mol. The molecule has 4 rings (SSSR count). The number of likely N-dealkylation sites (tertiary alicyclic amines) is 1. The molecule has 1 aliphatic carbocycles. The maximum Gasteiger partial charge on any atom is 0.254 e. The van der Waals surface area contributed by atoms with Crippen LogP contribution in [-0.4, -0.2) is 68.8 Å². The van der Waals surface area contributed by atoms with E-state index in [4.69, 9.17) is 9.47 Å². The second kappa shape index (κ2) is 10.5. The summed E-state index contributed by atoms with van der Waals surface area (Å²) in [6, 6.07) is 18.4. The van der Waals surface area contributed by atoms with E-state index in [2.05, 4.69) is 48.9 Å². The van der Waals surface area contributed by atoms with E-state index in [1.165, 1.54) is 5.56 Å². The molecule has 2 aromatic rings. The molecule has 1 amide bonds. The van der Waals surface area contributed by atoms with Crippen molar-refractivity contribution in [2.45, 2.75) is 50.7 Å². The van der Waals surface area contributed by atoms with E-state index in [1.54, 1.807) is 7.11 Å². The normalized spacial score (nSPS) is 27.3. The maximum atomic E-state index is 13.8. The SMILES string of the molecule is COc1cccc([C@@]23CCN(C)C[C@H]2C(OC)C[C@H](N(CC(C)C)C(=O)c2ccccc2)C3)c1. The summed E-state index contributed by atoms with van der Waals surface area (Å²) in [5.74, 6) is 1.77. The Morgan fingerprint density at radius 3 is 2.59 bits per heavy atom. The van der Waals surface area contributed by atoms with Crippen LogP contribution in [0.15, 0.2) is 54.6 Å². The van der Waals surface area contributed by atoms with Gasteiger partial charge in [-0.25, -0.2) is 0 Å². The summed E-state index contributed by atoms with van der Waals surface area (Å²) in [7, 11) is 5.77. The standard InChI is InChI=1S/C29H40N2O3/c1-21(2)19-31(28(32)22-10-7-6-8-11-22)24-17-27(34-5)26-20-30(3)15-14-29(26,18-24)23-12-9-13-25(16-23)33-4/h6-13,16,21,24,26-27H,14-15,17-20H2,1-5H3/t24-,26-,27?,29-/m0/s1. The van der Waals surface area contributed by atoms with Gasteiger partial charge in [-0.15, -0.1) is 0 Å². The molecule has 5 heteroatoms. The van der Waals surface area contributed by atoms with Gasteiger partial charge < -0.3 is 19.3 Å². The zero-order chi connectivity index (χ0) is 24.3. The molecule has 2 aromatic carbocycles. The van der Waals surface area contributed by atoms with Gasteiger partial charge in [-0.3, -0.25) is 4.79 Å². The monoisotopic (exact) mass is 464 g/mol. The molecule has 2 fully saturated rings. The highest BCUT2D eigenvalue weighted by Gasteiger charge is 2.53. The van der Waals surface area contributed by atoms with E-state index >= 15 is 0 Å². The molecule has 0 bridgehead atoms. The molecular formula is C29H40N2O3. The Hall–Kier alpha value is -2.37. The first-order valence-electron chi connectivity index (χ1n) is 12.6. The minimum Gasteiger partial charge on any atom is -0.497 e. The van der Waals surface area contributed by atoms with Crippen LogP contribution in [0, 0.1) is 11.8 Å². The third-order valence-electron chi connectivity index (χ3n) is 7.94. The van der Waals surface area contributed by atoms with E-state index in [-0.39, 0.29) is 23.5 Å². The first-order valence-corrected chi connectivity index (χ1v) is 12.6. The summed E-state index contributed by atoms with van der Waals surface area (Å²) >= 11 is 0. The van der Waals surface area contributed by atoms with Crippen LogP contribution in [0.3, 0.4) is 0 Å². The molecule has 0 aromatic heterocycles. The minimum absolute atomic E-state index is 0.0587. The highest BCUT2D eigenvalue weighted by molar-refractivity contribution is 5.94. The van der Waals surface area contributed by atoms with E-state index in [0.29, 0.717) is 11.8 Å². The molecule has 0 radical (unpaired) electrons. The van der Waals surface area contributed by atoms with Gasteiger partial charge in [0.25, 0.3) is 5.91 Å². The number of fused-ring (bicyclic) bond motifs is 1. The van der Waals surface area contributed by atoms with Gasteiger partial charge in [-0.2, -0.15) is 0 Å². The molecule has 5 nitrogen and oxygen atoms in total. The summed E-state index contributed by atoms with van der Waals surface area (Å²) in [5.41, 5.74) is 2.02. The summed E-state index contributed by atoms with van der Waals surface area (Å²) in [5, 5.41) is 0. The number of benzene rings is 2. The van der Waals surface area contributed by atoms with E-state index in [1.807, 2.05) is 43.5 Å². The number of nitrogens with zero attached hydrogens (tertiary/aromatic N) is 2. The lowest BCUT2D eigenvalue weighted by atomic mass is 9.56. The second-order valence-corrected chi connectivity index (χ2v) is 10.6. The third kappa shape index (κ3) is 4.87. The van der Waals surface area contributed by atoms with Crippen molar-refractivity contribution in [3.8, 4) is 5.75 Å². The van der Waals surface area contributed by atoms with Crippen LogP contribution < -0.4 is 4.74 Å². The van der Waals surface area contributed by atoms with Crippen LogP contribution in [0.1, 0.15) is 49.0 Å². The molecule has 184 valence electrons. The molecule has 34 heavy (non-hydrogen) atoms. The number of ether oxygens (including phenoxy) is 2. The first-order chi connectivity index (χ1) is 16.4. The molecule has 1 aliphatic heterocycles. The number of carbonyl (C=O) groups excluding carboxylic acids is 1. The van der Waals surface area contributed by atoms with Crippen LogP contribution in [0.2, 0.25) is 0 Å². The largest absolute Gasteiger partial charge is 0.497 e. The lowest BCUT2D eigenvalue weighted by molar-refractivity contribution is -0.0783.